The topological polar surface area (TPSA) is 26.3 Å². The zero-order valence-corrected chi connectivity index (χ0v) is 14.0. The highest BCUT2D eigenvalue weighted by molar-refractivity contribution is 7.80. The summed E-state index contributed by atoms with van der Waals surface area (Å²) in [5, 5.41) is 0. The molecule has 3 heteroatoms. The Labute approximate surface area is 130 Å². The molecule has 118 valence electrons. The van der Waals surface area contributed by atoms with Crippen LogP contribution in [0.15, 0.2) is 12.2 Å². The predicted octanol–water partition coefficient (Wildman–Crippen LogP) is 5.33. The third-order valence-corrected chi connectivity index (χ3v) is 3.46. The largest absolute Gasteiger partial charge is 0.465 e. The van der Waals surface area contributed by atoms with Crippen molar-refractivity contribution in [3.05, 3.63) is 12.2 Å². The summed E-state index contributed by atoms with van der Waals surface area (Å²) in [5.74, 6) is 0.441. The molecule has 0 spiro atoms. The molecule has 2 nitrogen and oxygen atoms in total. The van der Waals surface area contributed by atoms with Crippen molar-refractivity contribution >= 4 is 18.6 Å². The number of ether oxygens (including phenoxy) is 1. The van der Waals surface area contributed by atoms with E-state index in [1.165, 1.54) is 57.8 Å². The lowest BCUT2D eigenvalue weighted by molar-refractivity contribution is -0.141. The minimum Gasteiger partial charge on any atom is -0.465 e. The minimum atomic E-state index is -0.151. The molecule has 0 aromatic heterocycles. The first-order valence-corrected chi connectivity index (χ1v) is 8.86. The normalized spacial score (nSPS) is 11.1. The van der Waals surface area contributed by atoms with Gasteiger partial charge in [0.2, 0.25) is 0 Å². The molecule has 20 heavy (non-hydrogen) atoms. The van der Waals surface area contributed by atoms with Gasteiger partial charge in [0, 0.05) is 5.75 Å². The lowest BCUT2D eigenvalue weighted by Gasteiger charge is -2.01. The van der Waals surface area contributed by atoms with Gasteiger partial charge in [-0.2, -0.15) is 12.6 Å². The molecule has 0 rings (SSSR count). The van der Waals surface area contributed by atoms with Crippen molar-refractivity contribution < 1.29 is 9.53 Å². The molecular weight excluding hydrogens is 268 g/mol. The Morgan fingerprint density at radius 2 is 1.55 bits per heavy atom. The summed E-state index contributed by atoms with van der Waals surface area (Å²) in [4.78, 5) is 11.2. The summed E-state index contributed by atoms with van der Waals surface area (Å²) in [6.45, 7) is 2.67. The summed E-state index contributed by atoms with van der Waals surface area (Å²) in [5.41, 5.74) is 0. The molecule has 0 saturated heterocycles. The van der Waals surface area contributed by atoms with Gasteiger partial charge >= 0.3 is 5.97 Å². The van der Waals surface area contributed by atoms with Gasteiger partial charge in [0.05, 0.1) is 6.42 Å². The quantitative estimate of drug-likeness (QED) is 0.203. The van der Waals surface area contributed by atoms with E-state index in [-0.39, 0.29) is 5.97 Å². The molecule has 0 heterocycles. The summed E-state index contributed by atoms with van der Waals surface area (Å²) in [6, 6.07) is 0. The van der Waals surface area contributed by atoms with E-state index in [4.69, 9.17) is 4.74 Å². The number of unbranched alkanes of at least 4 members (excludes halogenated alkanes) is 9. The fraction of sp³-hybridized carbons (Fsp3) is 0.824. The number of carbonyl (C=O) groups excluding carboxylic acids is 1. The van der Waals surface area contributed by atoms with Crippen LogP contribution in [0, 0.1) is 0 Å². The Bertz CT molecular complexity index is 239. The van der Waals surface area contributed by atoms with Crippen molar-refractivity contribution in [2.45, 2.75) is 77.6 Å². The summed E-state index contributed by atoms with van der Waals surface area (Å²) >= 11 is 3.99. The molecule has 0 amide bonds. The Kier molecular flexibility index (Phi) is 16.2. The van der Waals surface area contributed by atoms with Crippen LogP contribution in [0.2, 0.25) is 0 Å². The second kappa shape index (κ2) is 16.6. The van der Waals surface area contributed by atoms with Crippen LogP contribution in [0.1, 0.15) is 77.6 Å². The van der Waals surface area contributed by atoms with Crippen molar-refractivity contribution in [2.24, 2.45) is 0 Å². The maximum atomic E-state index is 11.2. The van der Waals surface area contributed by atoms with Crippen molar-refractivity contribution in [3.63, 3.8) is 0 Å². The molecule has 0 unspecified atom stereocenters. The zero-order valence-electron chi connectivity index (χ0n) is 13.1. The highest BCUT2D eigenvalue weighted by Crippen LogP contribution is 2.10. The first-order valence-electron chi connectivity index (χ1n) is 8.22. The third-order valence-electron chi connectivity index (χ3n) is 3.28. The van der Waals surface area contributed by atoms with E-state index in [2.05, 4.69) is 25.6 Å². The molecule has 0 aromatic rings. The molecule has 0 radical (unpaired) electrons. The van der Waals surface area contributed by atoms with Crippen LogP contribution in [0.5, 0.6) is 0 Å². The SMILES string of the molecule is CCCCCCCCCCC/C=C/CC(=O)OCCS. The first kappa shape index (κ1) is 19.6. The van der Waals surface area contributed by atoms with Gasteiger partial charge in [0.1, 0.15) is 6.61 Å². The highest BCUT2D eigenvalue weighted by Gasteiger charge is 1.97. The van der Waals surface area contributed by atoms with Gasteiger partial charge in [-0.05, 0) is 12.8 Å². The monoisotopic (exact) mass is 300 g/mol. The number of thiol groups is 1. The van der Waals surface area contributed by atoms with E-state index in [1.54, 1.807) is 0 Å². The van der Waals surface area contributed by atoms with Gasteiger partial charge in [-0.15, -0.1) is 0 Å². The molecule has 0 aliphatic carbocycles. The van der Waals surface area contributed by atoms with E-state index in [0.717, 1.165) is 6.42 Å². The van der Waals surface area contributed by atoms with Crippen LogP contribution in [-0.2, 0) is 9.53 Å². The molecule has 0 bridgehead atoms. The maximum absolute atomic E-state index is 11.2. The van der Waals surface area contributed by atoms with Gasteiger partial charge in [-0.1, -0.05) is 70.4 Å². The molecule has 0 aromatic carbocycles. The molecule has 0 N–H and O–H groups in total. The highest BCUT2D eigenvalue weighted by atomic mass is 32.1. The van der Waals surface area contributed by atoms with Crippen LogP contribution < -0.4 is 0 Å². The van der Waals surface area contributed by atoms with E-state index in [9.17, 15) is 4.79 Å². The lowest BCUT2D eigenvalue weighted by atomic mass is 10.1. The minimum absolute atomic E-state index is 0.151. The predicted molar refractivity (Wildman–Crippen MR) is 90.4 cm³/mol. The average molecular weight is 301 g/mol. The fourth-order valence-electron chi connectivity index (χ4n) is 2.09. The first-order chi connectivity index (χ1) is 9.81. The molecule has 0 aliphatic rings. The molecular formula is C17H32O2S. The van der Waals surface area contributed by atoms with Gasteiger partial charge in [-0.25, -0.2) is 0 Å². The second-order valence-electron chi connectivity index (χ2n) is 5.24. The Balaban J connectivity index is 3.17. The van der Waals surface area contributed by atoms with Crippen LogP contribution >= 0.6 is 12.6 Å². The van der Waals surface area contributed by atoms with Gasteiger partial charge in [-0.3, -0.25) is 4.79 Å². The molecule has 0 saturated carbocycles. The summed E-state index contributed by atoms with van der Waals surface area (Å²) in [7, 11) is 0. The number of carbonyl (C=O) groups is 1. The van der Waals surface area contributed by atoms with E-state index in [1.807, 2.05) is 6.08 Å². The van der Waals surface area contributed by atoms with Crippen molar-refractivity contribution in [1.29, 1.82) is 0 Å². The lowest BCUT2D eigenvalue weighted by Crippen LogP contribution is -2.04. The number of rotatable bonds is 14. The van der Waals surface area contributed by atoms with Crippen molar-refractivity contribution in [2.75, 3.05) is 12.4 Å². The molecule has 0 fully saturated rings. The smallest absolute Gasteiger partial charge is 0.309 e. The van der Waals surface area contributed by atoms with Crippen molar-refractivity contribution in [3.8, 4) is 0 Å². The summed E-state index contributed by atoms with van der Waals surface area (Å²) < 4.78 is 4.92. The van der Waals surface area contributed by atoms with Crippen LogP contribution in [-0.4, -0.2) is 18.3 Å². The average Bonchev–Trinajstić information content (AvgIpc) is 2.46. The Morgan fingerprint density at radius 3 is 2.15 bits per heavy atom. The van der Waals surface area contributed by atoms with Gasteiger partial charge in [0.25, 0.3) is 0 Å². The number of allylic oxidation sites excluding steroid dienone is 1. The second-order valence-corrected chi connectivity index (χ2v) is 5.68. The van der Waals surface area contributed by atoms with Crippen LogP contribution in [0.25, 0.3) is 0 Å². The Hall–Kier alpha value is -0.440. The fourth-order valence-corrected chi connectivity index (χ4v) is 2.18. The van der Waals surface area contributed by atoms with Gasteiger partial charge < -0.3 is 4.74 Å². The third kappa shape index (κ3) is 15.6. The zero-order chi connectivity index (χ0) is 14.9. The standard InChI is InChI=1S/C17H32O2S/c1-2-3-4-5-6-7-8-9-10-11-12-13-14-17(18)19-15-16-20/h12-13,20H,2-11,14-16H2,1H3/b13-12+. The number of esters is 1. The van der Waals surface area contributed by atoms with E-state index in [0.29, 0.717) is 18.8 Å². The summed E-state index contributed by atoms with van der Waals surface area (Å²) in [6.07, 6.45) is 17.7. The Morgan fingerprint density at radius 1 is 0.950 bits per heavy atom. The van der Waals surface area contributed by atoms with E-state index < -0.39 is 0 Å². The molecule has 0 atom stereocenters. The van der Waals surface area contributed by atoms with E-state index >= 15 is 0 Å². The van der Waals surface area contributed by atoms with Crippen LogP contribution in [0.3, 0.4) is 0 Å². The number of hydrogen-bond acceptors (Lipinski definition) is 3. The molecule has 0 aliphatic heterocycles. The number of hydrogen-bond donors (Lipinski definition) is 1. The van der Waals surface area contributed by atoms with Gasteiger partial charge in [0.15, 0.2) is 0 Å². The van der Waals surface area contributed by atoms with Crippen molar-refractivity contribution in [1.82, 2.24) is 0 Å². The van der Waals surface area contributed by atoms with Crippen LogP contribution in [0.4, 0.5) is 0 Å². The maximum Gasteiger partial charge on any atom is 0.309 e.